The predicted molar refractivity (Wildman–Crippen MR) is 79.4 cm³/mol. The minimum absolute atomic E-state index is 0.132. The van der Waals surface area contributed by atoms with Crippen LogP contribution in [0, 0.1) is 0 Å². The predicted octanol–water partition coefficient (Wildman–Crippen LogP) is 0.919. The molecule has 0 fully saturated rings. The molecule has 1 aromatic carbocycles. The molecule has 3 rings (SSSR count). The zero-order valence-electron chi connectivity index (χ0n) is 12.4. The van der Waals surface area contributed by atoms with Crippen molar-refractivity contribution in [2.75, 3.05) is 20.8 Å². The Morgan fingerprint density at radius 3 is 2.68 bits per heavy atom. The van der Waals surface area contributed by atoms with Gasteiger partial charge >= 0.3 is 0 Å². The largest absolute Gasteiger partial charge is 0.493 e. The number of rotatable bonds is 3. The Labute approximate surface area is 126 Å². The zero-order valence-corrected chi connectivity index (χ0v) is 12.4. The average Bonchev–Trinajstić information content (AvgIpc) is 2.94. The Morgan fingerprint density at radius 1 is 1.18 bits per heavy atom. The van der Waals surface area contributed by atoms with Crippen molar-refractivity contribution in [3.8, 4) is 11.5 Å². The van der Waals surface area contributed by atoms with Gasteiger partial charge in [0.15, 0.2) is 11.5 Å². The van der Waals surface area contributed by atoms with Crippen LogP contribution in [0.4, 0.5) is 0 Å². The zero-order chi connectivity index (χ0) is 15.7. The third-order valence-corrected chi connectivity index (χ3v) is 3.86. The number of carbonyl (C=O) groups is 1. The Hall–Kier alpha value is -2.70. The van der Waals surface area contributed by atoms with E-state index < -0.39 is 0 Å². The molecule has 7 heteroatoms. The van der Waals surface area contributed by atoms with Gasteiger partial charge in [-0.15, -0.1) is 0 Å². The number of aromatic amines is 2. The fourth-order valence-electron chi connectivity index (χ4n) is 2.64. The number of aromatic nitrogens is 2. The molecule has 0 radical (unpaired) electrons. The Morgan fingerprint density at radius 2 is 1.95 bits per heavy atom. The first kappa shape index (κ1) is 14.2. The Bertz CT molecular complexity index is 762. The third-order valence-electron chi connectivity index (χ3n) is 3.86. The van der Waals surface area contributed by atoms with Gasteiger partial charge in [-0.2, -0.15) is 0 Å². The van der Waals surface area contributed by atoms with Gasteiger partial charge in [-0.1, -0.05) is 0 Å². The first-order chi connectivity index (χ1) is 10.6. The van der Waals surface area contributed by atoms with Gasteiger partial charge in [0, 0.05) is 24.2 Å². The lowest BCUT2D eigenvalue weighted by Gasteiger charge is -2.26. The normalized spacial score (nSPS) is 13.6. The number of carbonyl (C=O) groups excluding carboxylic acids is 1. The molecule has 2 aromatic rings. The van der Waals surface area contributed by atoms with E-state index in [1.807, 2.05) is 0 Å². The molecule has 0 aliphatic carbocycles. The van der Waals surface area contributed by atoms with E-state index in [2.05, 4.69) is 10.2 Å². The lowest BCUT2D eigenvalue weighted by molar-refractivity contribution is 0.0733. The summed E-state index contributed by atoms with van der Waals surface area (Å²) in [6, 6.07) is 5.04. The van der Waals surface area contributed by atoms with Crippen molar-refractivity contribution < 1.29 is 14.3 Å². The lowest BCUT2D eigenvalue weighted by Crippen LogP contribution is -2.37. The Balaban J connectivity index is 1.86. The second kappa shape index (κ2) is 5.59. The maximum atomic E-state index is 12.6. The highest BCUT2D eigenvalue weighted by atomic mass is 16.5. The first-order valence-electron chi connectivity index (χ1n) is 6.93. The van der Waals surface area contributed by atoms with Crippen LogP contribution in [-0.4, -0.2) is 41.8 Å². The highest BCUT2D eigenvalue weighted by Gasteiger charge is 2.25. The number of nitrogens with one attached hydrogen (secondary N) is 2. The third kappa shape index (κ3) is 2.34. The molecular formula is C15H17N3O4. The number of nitrogens with zero attached hydrogens (tertiary/aromatic N) is 1. The quantitative estimate of drug-likeness (QED) is 0.882. The summed E-state index contributed by atoms with van der Waals surface area (Å²) < 4.78 is 10.4. The van der Waals surface area contributed by atoms with Crippen LogP contribution in [-0.2, 0) is 13.0 Å². The molecule has 1 aliphatic heterocycles. The van der Waals surface area contributed by atoms with Crippen molar-refractivity contribution in [1.29, 1.82) is 0 Å². The van der Waals surface area contributed by atoms with E-state index in [1.54, 1.807) is 30.2 Å². The standard InChI is InChI=1S/C15H17N3O4/c1-21-12-4-3-9(7-13(12)22-2)15(20)18-6-5-11-10(8-18)14(19)17-16-11/h3-4,7H,5-6,8H2,1-2H3,(H2,16,17,19). The molecule has 1 aromatic heterocycles. The van der Waals surface area contributed by atoms with Crippen molar-refractivity contribution in [1.82, 2.24) is 15.1 Å². The fraction of sp³-hybridized carbons (Fsp3) is 0.333. The summed E-state index contributed by atoms with van der Waals surface area (Å²) in [5.74, 6) is 0.944. The van der Waals surface area contributed by atoms with Crippen LogP contribution >= 0.6 is 0 Å². The number of H-pyrrole nitrogens is 2. The Kier molecular flexibility index (Phi) is 3.62. The highest BCUT2D eigenvalue weighted by molar-refractivity contribution is 5.95. The van der Waals surface area contributed by atoms with E-state index in [4.69, 9.17) is 9.47 Å². The van der Waals surface area contributed by atoms with E-state index in [-0.39, 0.29) is 11.5 Å². The van der Waals surface area contributed by atoms with Crippen LogP contribution < -0.4 is 15.0 Å². The summed E-state index contributed by atoms with van der Waals surface area (Å²) in [4.78, 5) is 26.0. The summed E-state index contributed by atoms with van der Waals surface area (Å²) >= 11 is 0. The average molecular weight is 303 g/mol. The van der Waals surface area contributed by atoms with Crippen LogP contribution in [0.3, 0.4) is 0 Å². The molecule has 0 unspecified atom stereocenters. The van der Waals surface area contributed by atoms with Gasteiger partial charge in [0.25, 0.3) is 11.5 Å². The van der Waals surface area contributed by atoms with Crippen molar-refractivity contribution in [3.05, 3.63) is 45.4 Å². The first-order valence-corrected chi connectivity index (χ1v) is 6.93. The van der Waals surface area contributed by atoms with Gasteiger partial charge in [-0.3, -0.25) is 14.7 Å². The lowest BCUT2D eigenvalue weighted by atomic mass is 10.1. The molecule has 1 aliphatic rings. The van der Waals surface area contributed by atoms with E-state index >= 15 is 0 Å². The number of hydrogen-bond donors (Lipinski definition) is 2. The molecule has 0 bridgehead atoms. The van der Waals surface area contributed by atoms with Crippen LogP contribution in [0.15, 0.2) is 23.0 Å². The number of ether oxygens (including phenoxy) is 2. The topological polar surface area (TPSA) is 87.4 Å². The summed E-state index contributed by atoms with van der Waals surface area (Å²) in [7, 11) is 3.07. The SMILES string of the molecule is COc1ccc(C(=O)N2CCc3[nH][nH]c(=O)c3C2)cc1OC. The molecule has 7 nitrogen and oxygen atoms in total. The molecular weight excluding hydrogens is 286 g/mol. The number of amides is 1. The van der Waals surface area contributed by atoms with Gasteiger partial charge in [0.1, 0.15) is 0 Å². The second-order valence-electron chi connectivity index (χ2n) is 5.08. The summed E-state index contributed by atoms with van der Waals surface area (Å²) in [6.07, 6.45) is 0.632. The maximum absolute atomic E-state index is 12.6. The van der Waals surface area contributed by atoms with E-state index in [0.717, 1.165) is 5.69 Å². The summed E-state index contributed by atoms with van der Waals surface area (Å²) in [5, 5.41) is 5.40. The van der Waals surface area contributed by atoms with E-state index in [1.165, 1.54) is 7.11 Å². The molecule has 0 spiro atoms. The van der Waals surface area contributed by atoms with Gasteiger partial charge in [0.05, 0.1) is 26.3 Å². The monoisotopic (exact) mass is 303 g/mol. The maximum Gasteiger partial charge on any atom is 0.269 e. The van der Waals surface area contributed by atoms with Crippen molar-refractivity contribution in [3.63, 3.8) is 0 Å². The number of benzene rings is 1. The van der Waals surface area contributed by atoms with Crippen LogP contribution in [0.5, 0.6) is 11.5 Å². The molecule has 0 saturated carbocycles. The minimum Gasteiger partial charge on any atom is -0.493 e. The molecule has 0 saturated heterocycles. The van der Waals surface area contributed by atoms with Gasteiger partial charge in [-0.05, 0) is 18.2 Å². The number of hydrogen-bond acceptors (Lipinski definition) is 4. The number of methoxy groups -OCH3 is 2. The second-order valence-corrected chi connectivity index (χ2v) is 5.08. The molecule has 1 amide bonds. The van der Waals surface area contributed by atoms with Crippen molar-refractivity contribution in [2.24, 2.45) is 0 Å². The van der Waals surface area contributed by atoms with Gasteiger partial charge in [-0.25, -0.2) is 0 Å². The van der Waals surface area contributed by atoms with Crippen LogP contribution in [0.2, 0.25) is 0 Å². The molecule has 116 valence electrons. The molecule has 2 N–H and O–H groups in total. The van der Waals surface area contributed by atoms with E-state index in [0.29, 0.717) is 42.1 Å². The minimum atomic E-state index is -0.167. The summed E-state index contributed by atoms with van der Waals surface area (Å²) in [5.41, 5.74) is 1.84. The van der Waals surface area contributed by atoms with Crippen LogP contribution in [0.1, 0.15) is 21.6 Å². The van der Waals surface area contributed by atoms with Crippen molar-refractivity contribution >= 4 is 5.91 Å². The summed E-state index contributed by atoms with van der Waals surface area (Å²) in [6.45, 7) is 0.870. The van der Waals surface area contributed by atoms with Crippen molar-refractivity contribution in [2.45, 2.75) is 13.0 Å². The highest BCUT2D eigenvalue weighted by Crippen LogP contribution is 2.28. The molecule has 22 heavy (non-hydrogen) atoms. The number of fused-ring (bicyclic) bond motifs is 1. The smallest absolute Gasteiger partial charge is 0.269 e. The molecule has 0 atom stereocenters. The van der Waals surface area contributed by atoms with Gasteiger partial charge < -0.3 is 19.5 Å². The van der Waals surface area contributed by atoms with Gasteiger partial charge in [0.2, 0.25) is 0 Å². The molecule has 2 heterocycles. The van der Waals surface area contributed by atoms with Crippen LogP contribution in [0.25, 0.3) is 0 Å². The fourth-order valence-corrected chi connectivity index (χ4v) is 2.64. The van der Waals surface area contributed by atoms with E-state index in [9.17, 15) is 9.59 Å².